The van der Waals surface area contributed by atoms with Crippen LogP contribution in [-0.2, 0) is 4.79 Å². The number of likely N-dealkylation sites (N-methyl/N-ethyl adjacent to an activating group) is 1. The van der Waals surface area contributed by atoms with Crippen molar-refractivity contribution in [3.05, 3.63) is 76.5 Å². The van der Waals surface area contributed by atoms with Gasteiger partial charge in [0.2, 0.25) is 5.91 Å². The third-order valence-corrected chi connectivity index (χ3v) is 8.46. The van der Waals surface area contributed by atoms with E-state index < -0.39 is 34.3 Å². The van der Waals surface area contributed by atoms with Gasteiger partial charge in [-0.25, -0.2) is 23.1 Å². The third kappa shape index (κ3) is 4.39. The van der Waals surface area contributed by atoms with Gasteiger partial charge in [-0.2, -0.15) is 4.98 Å². The van der Waals surface area contributed by atoms with Crippen LogP contribution in [0.4, 0.5) is 20.3 Å². The quantitative estimate of drug-likeness (QED) is 0.345. The van der Waals surface area contributed by atoms with E-state index in [-0.39, 0.29) is 59.5 Å². The smallest absolute Gasteiger partial charge is 0.355 e. The number of hydrogen-bond acceptors (Lipinski definition) is 8. The number of aryl methyl sites for hydroxylation is 1. The zero-order chi connectivity index (χ0) is 31.6. The third-order valence-electron chi connectivity index (χ3n) is 8.46. The van der Waals surface area contributed by atoms with Gasteiger partial charge >= 0.3 is 5.69 Å². The molecule has 1 fully saturated rings. The lowest BCUT2D eigenvalue weighted by Gasteiger charge is -2.46. The first kappa shape index (κ1) is 29.2. The maximum atomic E-state index is 16.8. The number of fused-ring (bicyclic) bond motifs is 2. The molecule has 0 spiro atoms. The van der Waals surface area contributed by atoms with Gasteiger partial charge in [-0.3, -0.25) is 9.78 Å². The molecule has 1 saturated heterocycles. The van der Waals surface area contributed by atoms with Crippen molar-refractivity contribution in [3.8, 4) is 22.7 Å². The molecule has 2 unspecified atom stereocenters. The van der Waals surface area contributed by atoms with Gasteiger partial charge < -0.3 is 19.8 Å². The number of rotatable bonds is 4. The van der Waals surface area contributed by atoms with Crippen molar-refractivity contribution in [1.82, 2.24) is 24.4 Å². The molecule has 3 aromatic heterocycles. The summed E-state index contributed by atoms with van der Waals surface area (Å²) in [6.45, 7) is 12.1. The van der Waals surface area contributed by atoms with Gasteiger partial charge in [0.05, 0.1) is 34.1 Å². The lowest BCUT2D eigenvalue weighted by molar-refractivity contribution is -0.127. The Labute approximate surface area is 252 Å². The predicted octanol–water partition coefficient (Wildman–Crippen LogP) is 4.30. The molecule has 0 bridgehead atoms. The molecule has 44 heavy (non-hydrogen) atoms. The summed E-state index contributed by atoms with van der Waals surface area (Å²) in [7, 11) is 1.69. The second kappa shape index (κ2) is 10.7. The number of amides is 1. The molecular formula is C32H33F2N7O3. The maximum Gasteiger partial charge on any atom is 0.355 e. The summed E-state index contributed by atoms with van der Waals surface area (Å²) in [6.07, 6.45) is 2.91. The minimum absolute atomic E-state index is 0.0522. The number of aromatic hydroxyl groups is 1. The predicted molar refractivity (Wildman–Crippen MR) is 165 cm³/mol. The summed E-state index contributed by atoms with van der Waals surface area (Å²) >= 11 is 0. The SMILES string of the molecule is C=CC(=O)N1CC(C)N2c3nc(=O)n(-c4c(C)ccnc4C(C)C)c4nc(-c5c(O)cccc5F)c(F)c(c34)N(C)CC2C1. The number of piperazine rings is 1. The van der Waals surface area contributed by atoms with Crippen molar-refractivity contribution in [3.63, 3.8) is 0 Å². The van der Waals surface area contributed by atoms with E-state index in [4.69, 9.17) is 0 Å². The molecule has 228 valence electrons. The average Bonchev–Trinajstić information content (AvgIpc) is 3.09. The lowest BCUT2D eigenvalue weighted by Crippen LogP contribution is -2.61. The normalized spacial score (nSPS) is 18.0. The van der Waals surface area contributed by atoms with Crippen LogP contribution >= 0.6 is 0 Å². The van der Waals surface area contributed by atoms with E-state index in [1.165, 1.54) is 22.8 Å². The minimum atomic E-state index is -0.868. The first-order valence-electron chi connectivity index (χ1n) is 14.4. The fraction of sp³-hybridized carbons (Fsp3) is 0.344. The maximum absolute atomic E-state index is 16.8. The van der Waals surface area contributed by atoms with E-state index in [1.54, 1.807) is 29.1 Å². The van der Waals surface area contributed by atoms with E-state index in [1.807, 2.05) is 32.6 Å². The zero-order valence-corrected chi connectivity index (χ0v) is 25.2. The number of anilines is 2. The number of carbonyl (C=O) groups excluding carboxylic acids is 1. The summed E-state index contributed by atoms with van der Waals surface area (Å²) in [4.78, 5) is 45.9. The monoisotopic (exact) mass is 601 g/mol. The summed E-state index contributed by atoms with van der Waals surface area (Å²) in [6, 6.07) is 4.78. The lowest BCUT2D eigenvalue weighted by atomic mass is 10.0. The van der Waals surface area contributed by atoms with Gasteiger partial charge in [-0.05, 0) is 49.6 Å². The summed E-state index contributed by atoms with van der Waals surface area (Å²) in [5.41, 5.74) is 0.365. The number of carbonyl (C=O) groups is 1. The van der Waals surface area contributed by atoms with Crippen LogP contribution in [0.3, 0.4) is 0 Å². The molecule has 2 atom stereocenters. The number of phenolic OH excluding ortho intramolecular Hbond substituents is 1. The number of aromatic nitrogens is 4. The molecule has 6 rings (SSSR count). The van der Waals surface area contributed by atoms with Crippen molar-refractivity contribution in [2.75, 3.05) is 36.5 Å². The first-order valence-corrected chi connectivity index (χ1v) is 14.4. The Morgan fingerprint density at radius 3 is 2.57 bits per heavy atom. The Balaban J connectivity index is 1.77. The molecule has 12 heteroatoms. The van der Waals surface area contributed by atoms with Crippen LogP contribution in [-0.4, -0.2) is 74.2 Å². The Morgan fingerprint density at radius 1 is 1.14 bits per heavy atom. The van der Waals surface area contributed by atoms with Crippen LogP contribution in [0.15, 0.2) is 47.9 Å². The molecule has 0 aliphatic carbocycles. The van der Waals surface area contributed by atoms with Gasteiger partial charge in [0.15, 0.2) is 11.5 Å². The Kier molecular flexibility index (Phi) is 7.10. The number of nitrogens with zero attached hydrogens (tertiary/aromatic N) is 7. The Bertz CT molecular complexity index is 1890. The fourth-order valence-electron chi connectivity index (χ4n) is 6.57. The van der Waals surface area contributed by atoms with Crippen molar-refractivity contribution in [2.45, 2.75) is 45.7 Å². The molecule has 1 aromatic carbocycles. The van der Waals surface area contributed by atoms with Crippen molar-refractivity contribution in [1.29, 1.82) is 0 Å². The summed E-state index contributed by atoms with van der Waals surface area (Å²) in [5.74, 6) is -2.33. The topological polar surface area (TPSA) is 108 Å². The Hall–Kier alpha value is -4.87. The first-order chi connectivity index (χ1) is 20.9. The van der Waals surface area contributed by atoms with E-state index >= 15 is 8.78 Å². The van der Waals surface area contributed by atoms with Crippen LogP contribution in [0.2, 0.25) is 0 Å². The summed E-state index contributed by atoms with van der Waals surface area (Å²) < 4.78 is 33.4. The number of pyridine rings is 2. The zero-order valence-electron chi connectivity index (χ0n) is 25.2. The van der Waals surface area contributed by atoms with Crippen molar-refractivity contribution >= 4 is 28.4 Å². The van der Waals surface area contributed by atoms with Crippen molar-refractivity contribution in [2.24, 2.45) is 0 Å². The molecule has 10 nitrogen and oxygen atoms in total. The molecule has 2 aliphatic rings. The number of hydrogen-bond donors (Lipinski definition) is 1. The molecule has 1 N–H and O–H groups in total. The molecule has 0 radical (unpaired) electrons. The second-order valence-corrected chi connectivity index (χ2v) is 11.8. The van der Waals surface area contributed by atoms with E-state index in [0.29, 0.717) is 17.9 Å². The highest BCUT2D eigenvalue weighted by atomic mass is 19.1. The number of halogens is 2. The van der Waals surface area contributed by atoms with Crippen LogP contribution in [0, 0.1) is 18.6 Å². The second-order valence-electron chi connectivity index (χ2n) is 11.8. The highest BCUT2D eigenvalue weighted by Gasteiger charge is 2.41. The van der Waals surface area contributed by atoms with Gasteiger partial charge in [0.1, 0.15) is 23.1 Å². The van der Waals surface area contributed by atoms with Crippen LogP contribution < -0.4 is 15.5 Å². The number of benzene rings is 1. The molecular weight excluding hydrogens is 568 g/mol. The standard InChI is InChI=1S/C32H33F2N7O3/c1-7-22(43)39-13-18(5)40-19(15-39)14-38(6)29-24-30(36-27(25(29)34)23-20(33)9-8-10-21(23)42)41(32(44)37-31(24)40)28-17(4)11-12-35-26(28)16(2)3/h7-12,16,18-19,42H,1,13-15H2,2-6H3. The van der Waals surface area contributed by atoms with Crippen LogP contribution in [0.1, 0.15) is 37.9 Å². The fourth-order valence-corrected chi connectivity index (χ4v) is 6.57. The molecule has 1 amide bonds. The largest absolute Gasteiger partial charge is 0.507 e. The highest BCUT2D eigenvalue weighted by molar-refractivity contribution is 6.02. The van der Waals surface area contributed by atoms with Gasteiger partial charge in [-0.15, -0.1) is 0 Å². The number of phenols is 1. The minimum Gasteiger partial charge on any atom is -0.507 e. The van der Waals surface area contributed by atoms with E-state index in [0.717, 1.165) is 11.6 Å². The Morgan fingerprint density at radius 2 is 1.89 bits per heavy atom. The van der Waals surface area contributed by atoms with Crippen LogP contribution in [0.5, 0.6) is 5.75 Å². The van der Waals surface area contributed by atoms with Crippen LogP contribution in [0.25, 0.3) is 28.0 Å². The van der Waals surface area contributed by atoms with Gasteiger partial charge in [-0.1, -0.05) is 26.5 Å². The van der Waals surface area contributed by atoms with Gasteiger partial charge in [0, 0.05) is 38.9 Å². The highest BCUT2D eigenvalue weighted by Crippen LogP contribution is 2.44. The molecule has 2 aliphatic heterocycles. The van der Waals surface area contributed by atoms with Gasteiger partial charge in [0.25, 0.3) is 0 Å². The summed E-state index contributed by atoms with van der Waals surface area (Å²) in [5, 5.41) is 11.0. The molecule has 5 heterocycles. The average molecular weight is 602 g/mol. The molecule has 0 saturated carbocycles. The van der Waals surface area contributed by atoms with E-state index in [9.17, 15) is 14.7 Å². The molecule has 4 aromatic rings. The van der Waals surface area contributed by atoms with Crippen molar-refractivity contribution < 1.29 is 18.7 Å². The van der Waals surface area contributed by atoms with E-state index in [2.05, 4.69) is 21.5 Å².